The molecule has 104 valence electrons. The number of hydrogen-bond donors (Lipinski definition) is 2. The first kappa shape index (κ1) is 15.3. The third-order valence-electron chi connectivity index (χ3n) is 2.51. The number of esters is 1. The zero-order valence-electron chi connectivity index (χ0n) is 10.9. The van der Waals surface area contributed by atoms with Crippen LogP contribution >= 0.6 is 11.6 Å². The Labute approximate surface area is 117 Å². The molecule has 0 saturated carbocycles. The molecular weight excluding hydrogens is 268 g/mol. The van der Waals surface area contributed by atoms with Gasteiger partial charge in [-0.15, -0.1) is 0 Å². The van der Waals surface area contributed by atoms with E-state index in [9.17, 15) is 9.59 Å². The summed E-state index contributed by atoms with van der Waals surface area (Å²) in [5.41, 5.74) is 1.07. The Hall–Kier alpha value is -1.75. The topological polar surface area (TPSA) is 67.4 Å². The number of benzene rings is 1. The van der Waals surface area contributed by atoms with E-state index in [0.29, 0.717) is 18.0 Å². The Morgan fingerprint density at radius 1 is 1.32 bits per heavy atom. The van der Waals surface area contributed by atoms with Gasteiger partial charge >= 0.3 is 12.0 Å². The second-order valence-electron chi connectivity index (χ2n) is 4.02. The second-order valence-corrected chi connectivity index (χ2v) is 4.46. The van der Waals surface area contributed by atoms with Crippen LogP contribution in [0.15, 0.2) is 24.3 Å². The first-order chi connectivity index (χ1) is 9.02. The van der Waals surface area contributed by atoms with Crippen molar-refractivity contribution in [3.05, 3.63) is 34.9 Å². The fourth-order valence-electron chi connectivity index (χ4n) is 1.45. The van der Waals surface area contributed by atoms with Crippen molar-refractivity contribution in [1.29, 1.82) is 0 Å². The number of nitrogens with one attached hydrogen (secondary N) is 2. The molecule has 1 atom stereocenters. The molecular formula is C13H17ClN2O3. The summed E-state index contributed by atoms with van der Waals surface area (Å²) in [5, 5.41) is 5.83. The van der Waals surface area contributed by atoms with Crippen molar-refractivity contribution in [3.8, 4) is 0 Å². The molecule has 1 aromatic carbocycles. The molecule has 0 aliphatic rings. The Morgan fingerprint density at radius 3 is 2.53 bits per heavy atom. The van der Waals surface area contributed by atoms with E-state index in [1.165, 1.54) is 7.11 Å². The quantitative estimate of drug-likeness (QED) is 0.810. The molecule has 0 spiro atoms. The van der Waals surface area contributed by atoms with Gasteiger partial charge in [0.25, 0.3) is 0 Å². The van der Waals surface area contributed by atoms with E-state index in [2.05, 4.69) is 15.4 Å². The summed E-state index contributed by atoms with van der Waals surface area (Å²) >= 11 is 5.77. The smallest absolute Gasteiger partial charge is 0.328 e. The number of methoxy groups -OCH3 is 1. The summed E-state index contributed by atoms with van der Waals surface area (Å²) in [6, 6.07) is 6.34. The van der Waals surface area contributed by atoms with Gasteiger partial charge < -0.3 is 15.4 Å². The maximum absolute atomic E-state index is 11.5. The number of hydrogen-bond acceptors (Lipinski definition) is 3. The van der Waals surface area contributed by atoms with Crippen LogP contribution in [0.2, 0.25) is 5.02 Å². The Kier molecular flexibility index (Phi) is 6.15. The summed E-state index contributed by atoms with van der Waals surface area (Å²) in [5.74, 6) is -0.479. The maximum atomic E-state index is 11.5. The molecule has 0 heterocycles. The molecule has 1 aromatic rings. The number of carbonyl (C=O) groups is 2. The van der Waals surface area contributed by atoms with E-state index >= 15 is 0 Å². The van der Waals surface area contributed by atoms with Crippen LogP contribution in [0.4, 0.5) is 4.79 Å². The van der Waals surface area contributed by atoms with Gasteiger partial charge in [-0.25, -0.2) is 9.59 Å². The van der Waals surface area contributed by atoms with E-state index < -0.39 is 18.0 Å². The third kappa shape index (κ3) is 5.61. The van der Waals surface area contributed by atoms with Crippen LogP contribution in [-0.4, -0.2) is 31.7 Å². The van der Waals surface area contributed by atoms with Gasteiger partial charge in [-0.3, -0.25) is 0 Å². The largest absolute Gasteiger partial charge is 0.467 e. The van der Waals surface area contributed by atoms with Crippen LogP contribution in [0.25, 0.3) is 0 Å². The Balaban J connectivity index is 2.27. The number of halogens is 1. The van der Waals surface area contributed by atoms with E-state index in [0.717, 1.165) is 5.56 Å². The molecule has 6 heteroatoms. The molecule has 2 N–H and O–H groups in total. The fraction of sp³-hybridized carbons (Fsp3) is 0.385. The van der Waals surface area contributed by atoms with Crippen LogP contribution in [0.1, 0.15) is 12.5 Å². The average Bonchev–Trinajstić information content (AvgIpc) is 2.40. The van der Waals surface area contributed by atoms with E-state index in [-0.39, 0.29) is 0 Å². The summed E-state index contributed by atoms with van der Waals surface area (Å²) in [6.07, 6.45) is 0.692. The average molecular weight is 285 g/mol. The highest BCUT2D eigenvalue weighted by atomic mass is 35.5. The normalized spacial score (nSPS) is 11.5. The minimum absolute atomic E-state index is 0.396. The molecule has 19 heavy (non-hydrogen) atoms. The maximum Gasteiger partial charge on any atom is 0.328 e. The van der Waals surface area contributed by atoms with E-state index in [4.69, 9.17) is 11.6 Å². The lowest BCUT2D eigenvalue weighted by atomic mass is 10.1. The summed E-state index contributed by atoms with van der Waals surface area (Å²) in [4.78, 5) is 22.6. The van der Waals surface area contributed by atoms with Crippen molar-refractivity contribution in [2.24, 2.45) is 0 Å². The van der Waals surface area contributed by atoms with Crippen molar-refractivity contribution in [2.75, 3.05) is 13.7 Å². The van der Waals surface area contributed by atoms with Gasteiger partial charge in [-0.2, -0.15) is 0 Å². The fourth-order valence-corrected chi connectivity index (χ4v) is 1.58. The molecule has 5 nitrogen and oxygen atoms in total. The van der Waals surface area contributed by atoms with Crippen molar-refractivity contribution in [3.63, 3.8) is 0 Å². The molecule has 0 bridgehead atoms. The molecule has 0 aliphatic heterocycles. The SMILES string of the molecule is COC(=O)[C@H](C)NC(=O)NCCc1ccc(Cl)cc1. The molecule has 1 rings (SSSR count). The molecule has 0 unspecified atom stereocenters. The van der Waals surface area contributed by atoms with E-state index in [1.54, 1.807) is 19.1 Å². The lowest BCUT2D eigenvalue weighted by Gasteiger charge is -2.12. The molecule has 0 aromatic heterocycles. The number of ether oxygens (including phenoxy) is 1. The first-order valence-electron chi connectivity index (χ1n) is 5.89. The van der Waals surface area contributed by atoms with Crippen molar-refractivity contribution < 1.29 is 14.3 Å². The highest BCUT2D eigenvalue weighted by Crippen LogP contribution is 2.09. The highest BCUT2D eigenvalue weighted by molar-refractivity contribution is 6.30. The van der Waals surface area contributed by atoms with Gasteiger partial charge in [0.05, 0.1) is 7.11 Å². The van der Waals surface area contributed by atoms with Crippen LogP contribution in [0, 0.1) is 0 Å². The lowest BCUT2D eigenvalue weighted by molar-refractivity contribution is -0.142. The second kappa shape index (κ2) is 7.63. The van der Waals surface area contributed by atoms with Gasteiger partial charge in [-0.1, -0.05) is 23.7 Å². The standard InChI is InChI=1S/C13H17ClN2O3/c1-9(12(17)19-2)16-13(18)15-8-7-10-3-5-11(14)6-4-10/h3-6,9H,7-8H2,1-2H3,(H2,15,16,18)/t9-/m0/s1. The van der Waals surface area contributed by atoms with Crippen LogP contribution < -0.4 is 10.6 Å². The van der Waals surface area contributed by atoms with Crippen molar-refractivity contribution >= 4 is 23.6 Å². The number of rotatable bonds is 5. The first-order valence-corrected chi connectivity index (χ1v) is 6.27. The van der Waals surface area contributed by atoms with Crippen LogP contribution in [0.3, 0.4) is 0 Å². The summed E-state index contributed by atoms with van der Waals surface area (Å²) in [7, 11) is 1.28. The summed E-state index contributed by atoms with van der Waals surface area (Å²) in [6.45, 7) is 2.03. The van der Waals surface area contributed by atoms with Gasteiger partial charge in [0.15, 0.2) is 0 Å². The molecule has 0 aliphatic carbocycles. The minimum Gasteiger partial charge on any atom is -0.467 e. The predicted octanol–water partition coefficient (Wildman–Crippen LogP) is 1.74. The van der Waals surface area contributed by atoms with E-state index in [1.807, 2.05) is 12.1 Å². The van der Waals surface area contributed by atoms with Gasteiger partial charge in [-0.05, 0) is 31.0 Å². The third-order valence-corrected chi connectivity index (χ3v) is 2.77. The van der Waals surface area contributed by atoms with Crippen molar-refractivity contribution in [1.82, 2.24) is 10.6 Å². The zero-order valence-corrected chi connectivity index (χ0v) is 11.7. The lowest BCUT2D eigenvalue weighted by Crippen LogP contribution is -2.45. The number of amides is 2. The predicted molar refractivity (Wildman–Crippen MR) is 73.2 cm³/mol. The molecule has 2 amide bonds. The summed E-state index contributed by atoms with van der Waals surface area (Å²) < 4.78 is 4.50. The number of carbonyl (C=O) groups excluding carboxylic acids is 2. The minimum atomic E-state index is -0.666. The molecule has 0 saturated heterocycles. The Bertz CT molecular complexity index is 434. The van der Waals surface area contributed by atoms with Gasteiger partial charge in [0.2, 0.25) is 0 Å². The van der Waals surface area contributed by atoms with Crippen LogP contribution in [-0.2, 0) is 16.0 Å². The molecule has 0 fully saturated rings. The zero-order chi connectivity index (χ0) is 14.3. The van der Waals surface area contributed by atoms with Gasteiger partial charge in [0, 0.05) is 11.6 Å². The monoisotopic (exact) mass is 284 g/mol. The van der Waals surface area contributed by atoms with Gasteiger partial charge in [0.1, 0.15) is 6.04 Å². The van der Waals surface area contributed by atoms with Crippen LogP contribution in [0.5, 0.6) is 0 Å². The number of urea groups is 1. The molecule has 0 radical (unpaired) electrons. The van der Waals surface area contributed by atoms with Crippen molar-refractivity contribution in [2.45, 2.75) is 19.4 Å². The Morgan fingerprint density at radius 2 is 1.95 bits per heavy atom. The highest BCUT2D eigenvalue weighted by Gasteiger charge is 2.14.